The van der Waals surface area contributed by atoms with Crippen molar-refractivity contribution in [2.24, 2.45) is 5.73 Å². The molecule has 1 aromatic carbocycles. The SMILES string of the molecule is N[C@@H](Cc1ccc(O)c(O)c1)C(=O)NCCOCC(=O)O. The molecule has 21 heavy (non-hydrogen) atoms. The molecule has 0 saturated heterocycles. The minimum Gasteiger partial charge on any atom is -0.504 e. The van der Waals surface area contributed by atoms with Crippen molar-refractivity contribution in [3.63, 3.8) is 0 Å². The summed E-state index contributed by atoms with van der Waals surface area (Å²) in [4.78, 5) is 21.9. The number of rotatable bonds is 8. The Bertz CT molecular complexity index is 505. The Morgan fingerprint density at radius 1 is 1.29 bits per heavy atom. The lowest BCUT2D eigenvalue weighted by Gasteiger charge is -2.12. The van der Waals surface area contributed by atoms with Crippen molar-refractivity contribution in [1.82, 2.24) is 5.32 Å². The van der Waals surface area contributed by atoms with Gasteiger partial charge >= 0.3 is 5.97 Å². The summed E-state index contributed by atoms with van der Waals surface area (Å²) in [7, 11) is 0. The van der Waals surface area contributed by atoms with Gasteiger partial charge < -0.3 is 31.1 Å². The van der Waals surface area contributed by atoms with Gasteiger partial charge in [-0.05, 0) is 24.1 Å². The Morgan fingerprint density at radius 3 is 2.62 bits per heavy atom. The molecule has 0 spiro atoms. The number of ether oxygens (including phenoxy) is 1. The number of aromatic hydroxyl groups is 2. The first-order valence-electron chi connectivity index (χ1n) is 6.24. The monoisotopic (exact) mass is 298 g/mol. The highest BCUT2D eigenvalue weighted by Crippen LogP contribution is 2.25. The van der Waals surface area contributed by atoms with E-state index in [1.807, 2.05) is 0 Å². The number of phenolic OH excluding ortho intramolecular Hbond substituents is 2. The first kappa shape index (κ1) is 16.7. The second-order valence-electron chi connectivity index (χ2n) is 4.37. The number of carbonyl (C=O) groups is 2. The summed E-state index contributed by atoms with van der Waals surface area (Å²) >= 11 is 0. The van der Waals surface area contributed by atoms with Gasteiger partial charge in [0.25, 0.3) is 0 Å². The van der Waals surface area contributed by atoms with Crippen molar-refractivity contribution in [3.05, 3.63) is 23.8 Å². The number of amides is 1. The van der Waals surface area contributed by atoms with Gasteiger partial charge in [0.15, 0.2) is 11.5 Å². The highest BCUT2D eigenvalue weighted by atomic mass is 16.5. The molecule has 0 radical (unpaired) electrons. The number of hydrogen-bond acceptors (Lipinski definition) is 6. The van der Waals surface area contributed by atoms with Crippen LogP contribution >= 0.6 is 0 Å². The topological polar surface area (TPSA) is 142 Å². The molecule has 0 unspecified atom stereocenters. The number of benzene rings is 1. The maximum Gasteiger partial charge on any atom is 0.329 e. The molecule has 1 aromatic rings. The Labute approximate surface area is 121 Å². The number of nitrogens with one attached hydrogen (secondary N) is 1. The zero-order valence-corrected chi connectivity index (χ0v) is 11.3. The van der Waals surface area contributed by atoms with Crippen molar-refractivity contribution in [3.8, 4) is 11.5 Å². The third-order valence-corrected chi connectivity index (χ3v) is 2.60. The van der Waals surface area contributed by atoms with E-state index in [1.54, 1.807) is 6.07 Å². The van der Waals surface area contributed by atoms with Crippen molar-refractivity contribution >= 4 is 11.9 Å². The van der Waals surface area contributed by atoms with Crippen LogP contribution in [0.5, 0.6) is 11.5 Å². The Balaban J connectivity index is 2.33. The van der Waals surface area contributed by atoms with Gasteiger partial charge in [-0.3, -0.25) is 4.79 Å². The minimum absolute atomic E-state index is 0.0742. The van der Waals surface area contributed by atoms with Crippen LogP contribution in [-0.4, -0.2) is 53.0 Å². The molecule has 1 amide bonds. The first-order chi connectivity index (χ1) is 9.90. The Kier molecular flexibility index (Phi) is 6.44. The van der Waals surface area contributed by atoms with E-state index in [2.05, 4.69) is 5.32 Å². The lowest BCUT2D eigenvalue weighted by atomic mass is 10.1. The normalized spacial score (nSPS) is 11.9. The van der Waals surface area contributed by atoms with Crippen molar-refractivity contribution in [2.75, 3.05) is 19.8 Å². The molecular formula is C13H18N2O6. The summed E-state index contributed by atoms with van der Waals surface area (Å²) in [6, 6.07) is 3.37. The van der Waals surface area contributed by atoms with Crippen LogP contribution in [-0.2, 0) is 20.7 Å². The van der Waals surface area contributed by atoms with E-state index in [4.69, 9.17) is 15.6 Å². The third-order valence-electron chi connectivity index (χ3n) is 2.60. The van der Waals surface area contributed by atoms with E-state index in [0.29, 0.717) is 5.56 Å². The van der Waals surface area contributed by atoms with Crippen LogP contribution in [0.1, 0.15) is 5.56 Å². The van der Waals surface area contributed by atoms with Crippen molar-refractivity contribution in [1.29, 1.82) is 0 Å². The largest absolute Gasteiger partial charge is 0.504 e. The standard InChI is InChI=1S/C13H18N2O6/c14-9(5-8-1-2-10(16)11(17)6-8)13(20)15-3-4-21-7-12(18)19/h1-2,6,9,16-17H,3-5,7,14H2,(H,15,20)(H,18,19)/t9-/m0/s1. The van der Waals surface area contributed by atoms with E-state index < -0.39 is 24.5 Å². The molecule has 0 saturated carbocycles. The lowest BCUT2D eigenvalue weighted by molar-refractivity contribution is -0.142. The average Bonchev–Trinajstić information content (AvgIpc) is 2.42. The van der Waals surface area contributed by atoms with Gasteiger partial charge in [0.1, 0.15) is 6.61 Å². The molecule has 0 aliphatic rings. The van der Waals surface area contributed by atoms with Crippen LogP contribution < -0.4 is 11.1 Å². The molecule has 8 nitrogen and oxygen atoms in total. The summed E-state index contributed by atoms with van der Waals surface area (Å²) in [5.41, 5.74) is 6.32. The number of phenols is 2. The predicted octanol–water partition coefficient (Wildman–Crippen LogP) is -0.815. The van der Waals surface area contributed by atoms with Crippen LogP contribution in [0.25, 0.3) is 0 Å². The molecular weight excluding hydrogens is 280 g/mol. The van der Waals surface area contributed by atoms with Gasteiger partial charge in [-0.25, -0.2) is 4.79 Å². The summed E-state index contributed by atoms with van der Waals surface area (Å²) in [5.74, 6) is -2.01. The maximum absolute atomic E-state index is 11.7. The van der Waals surface area contributed by atoms with Crippen LogP contribution in [0.4, 0.5) is 0 Å². The number of carboxylic acid groups (broad SMARTS) is 1. The van der Waals surface area contributed by atoms with Crippen molar-refractivity contribution in [2.45, 2.75) is 12.5 Å². The zero-order chi connectivity index (χ0) is 15.8. The smallest absolute Gasteiger partial charge is 0.329 e. The molecule has 0 heterocycles. The number of hydrogen-bond donors (Lipinski definition) is 5. The number of aliphatic carboxylic acids is 1. The van der Waals surface area contributed by atoms with E-state index >= 15 is 0 Å². The predicted molar refractivity (Wildman–Crippen MR) is 72.9 cm³/mol. The molecule has 0 aromatic heterocycles. The Morgan fingerprint density at radius 2 is 2.00 bits per heavy atom. The van der Waals surface area contributed by atoms with Gasteiger partial charge in [-0.1, -0.05) is 6.07 Å². The highest BCUT2D eigenvalue weighted by Gasteiger charge is 2.14. The quantitative estimate of drug-likeness (QED) is 0.312. The molecule has 0 fully saturated rings. The third kappa shape index (κ3) is 6.11. The first-order valence-corrected chi connectivity index (χ1v) is 6.24. The molecule has 8 heteroatoms. The zero-order valence-electron chi connectivity index (χ0n) is 11.3. The molecule has 1 rings (SSSR count). The fourth-order valence-corrected chi connectivity index (χ4v) is 1.58. The van der Waals surface area contributed by atoms with Gasteiger partial charge in [0.2, 0.25) is 5.91 Å². The fraction of sp³-hybridized carbons (Fsp3) is 0.385. The van der Waals surface area contributed by atoms with Gasteiger partial charge in [0.05, 0.1) is 12.6 Å². The van der Waals surface area contributed by atoms with Crippen LogP contribution in [0.15, 0.2) is 18.2 Å². The van der Waals surface area contributed by atoms with E-state index in [-0.39, 0.29) is 31.1 Å². The molecule has 116 valence electrons. The van der Waals surface area contributed by atoms with E-state index in [0.717, 1.165) is 0 Å². The lowest BCUT2D eigenvalue weighted by Crippen LogP contribution is -2.43. The van der Waals surface area contributed by atoms with Gasteiger partial charge in [-0.2, -0.15) is 0 Å². The molecule has 0 aliphatic heterocycles. The second-order valence-corrected chi connectivity index (χ2v) is 4.37. The van der Waals surface area contributed by atoms with Gasteiger partial charge in [0, 0.05) is 6.54 Å². The summed E-state index contributed by atoms with van der Waals surface area (Å²) in [6.07, 6.45) is 0.190. The highest BCUT2D eigenvalue weighted by molar-refractivity contribution is 5.81. The van der Waals surface area contributed by atoms with Crippen LogP contribution in [0.3, 0.4) is 0 Å². The summed E-state index contributed by atoms with van der Waals surface area (Å²) in [6.45, 7) is -0.194. The molecule has 1 atom stereocenters. The Hall–Kier alpha value is -2.32. The average molecular weight is 298 g/mol. The van der Waals surface area contributed by atoms with Gasteiger partial charge in [-0.15, -0.1) is 0 Å². The fourth-order valence-electron chi connectivity index (χ4n) is 1.58. The number of carbonyl (C=O) groups excluding carboxylic acids is 1. The van der Waals surface area contributed by atoms with Crippen molar-refractivity contribution < 1.29 is 29.6 Å². The molecule has 6 N–H and O–H groups in total. The minimum atomic E-state index is -1.08. The van der Waals surface area contributed by atoms with E-state index in [1.165, 1.54) is 12.1 Å². The van der Waals surface area contributed by atoms with Crippen LogP contribution in [0.2, 0.25) is 0 Å². The summed E-state index contributed by atoms with van der Waals surface area (Å²) < 4.78 is 4.76. The van der Waals surface area contributed by atoms with Crippen LogP contribution in [0, 0.1) is 0 Å². The summed E-state index contributed by atoms with van der Waals surface area (Å²) in [5, 5.41) is 29.4. The number of carboxylic acids is 1. The second kappa shape index (κ2) is 8.08. The van der Waals surface area contributed by atoms with E-state index in [9.17, 15) is 19.8 Å². The maximum atomic E-state index is 11.7. The molecule has 0 aliphatic carbocycles. The molecule has 0 bridgehead atoms. The number of nitrogens with two attached hydrogens (primary N) is 1.